The van der Waals surface area contributed by atoms with Crippen LogP contribution in [-0.4, -0.2) is 12.4 Å². The minimum Gasteiger partial charge on any atom is -0.434 e. The van der Waals surface area contributed by atoms with Crippen molar-refractivity contribution in [2.45, 2.75) is 33.3 Å². The van der Waals surface area contributed by atoms with Gasteiger partial charge in [0.2, 0.25) is 0 Å². The summed E-state index contributed by atoms with van der Waals surface area (Å²) in [6, 6.07) is 6.13. The molecule has 1 aromatic carbocycles. The van der Waals surface area contributed by atoms with Crippen LogP contribution in [0.25, 0.3) is 0 Å². The number of rotatable bonds is 6. The minimum atomic E-state index is -2.91. The summed E-state index contributed by atoms with van der Waals surface area (Å²) < 4.78 is 28.7. The fraction of sp³-hybridized carbons (Fsp3) is 0.462. The zero-order valence-electron chi connectivity index (χ0n) is 9.95. The van der Waals surface area contributed by atoms with Crippen molar-refractivity contribution in [1.29, 1.82) is 0 Å². The molecule has 0 amide bonds. The number of alkyl halides is 2. The second kappa shape index (κ2) is 6.33. The lowest BCUT2D eigenvalue weighted by molar-refractivity contribution is -0.0501. The van der Waals surface area contributed by atoms with Crippen LogP contribution >= 0.6 is 0 Å². The molecule has 0 aliphatic carbocycles. The van der Waals surface area contributed by atoms with E-state index in [2.05, 4.69) is 4.74 Å². The number of hydrogen-bond donors (Lipinski definition) is 0. The van der Waals surface area contributed by atoms with Crippen molar-refractivity contribution < 1.29 is 18.3 Å². The van der Waals surface area contributed by atoms with Gasteiger partial charge in [-0.15, -0.1) is 0 Å². The molecule has 2 nitrogen and oxygen atoms in total. The standard InChI is InChI=1S/C13H16F2O2/c1-3-9(4-2)12(16)10-7-5-6-8-11(10)17-13(14)15/h5-9,13H,3-4H2,1-2H3. The van der Waals surface area contributed by atoms with Crippen LogP contribution in [0.5, 0.6) is 5.75 Å². The molecule has 0 unspecified atom stereocenters. The van der Waals surface area contributed by atoms with Gasteiger partial charge in [0.15, 0.2) is 5.78 Å². The van der Waals surface area contributed by atoms with Crippen LogP contribution in [-0.2, 0) is 0 Å². The van der Waals surface area contributed by atoms with E-state index in [1.165, 1.54) is 12.1 Å². The normalized spacial score (nSPS) is 10.9. The van der Waals surface area contributed by atoms with Crippen LogP contribution in [0.15, 0.2) is 24.3 Å². The monoisotopic (exact) mass is 242 g/mol. The van der Waals surface area contributed by atoms with Gasteiger partial charge in [-0.3, -0.25) is 4.79 Å². The molecule has 0 N–H and O–H groups in total. The molecule has 0 aliphatic heterocycles. The van der Waals surface area contributed by atoms with Gasteiger partial charge >= 0.3 is 6.61 Å². The van der Waals surface area contributed by atoms with E-state index in [-0.39, 0.29) is 23.0 Å². The van der Waals surface area contributed by atoms with Crippen molar-refractivity contribution in [1.82, 2.24) is 0 Å². The second-order valence-corrected chi connectivity index (χ2v) is 3.75. The summed E-state index contributed by atoms with van der Waals surface area (Å²) in [7, 11) is 0. The average Bonchev–Trinajstić information content (AvgIpc) is 2.30. The van der Waals surface area contributed by atoms with Crippen LogP contribution in [0.3, 0.4) is 0 Å². The number of ether oxygens (including phenoxy) is 1. The minimum absolute atomic E-state index is 0.0422. The van der Waals surface area contributed by atoms with Crippen molar-refractivity contribution in [3.05, 3.63) is 29.8 Å². The van der Waals surface area contributed by atoms with E-state index in [1.807, 2.05) is 13.8 Å². The lowest BCUT2D eigenvalue weighted by Crippen LogP contribution is -2.15. The molecular weight excluding hydrogens is 226 g/mol. The Kier molecular flexibility index (Phi) is 5.07. The van der Waals surface area contributed by atoms with Gasteiger partial charge < -0.3 is 4.74 Å². The maximum atomic E-state index is 12.2. The van der Waals surface area contributed by atoms with Gasteiger partial charge in [0.05, 0.1) is 5.56 Å². The van der Waals surface area contributed by atoms with Gasteiger partial charge in [0.1, 0.15) is 5.75 Å². The first-order valence-electron chi connectivity index (χ1n) is 5.68. The Balaban J connectivity index is 2.99. The fourth-order valence-electron chi connectivity index (χ4n) is 1.75. The number of ketones is 1. The van der Waals surface area contributed by atoms with E-state index < -0.39 is 6.61 Å². The van der Waals surface area contributed by atoms with E-state index in [0.717, 1.165) is 0 Å². The van der Waals surface area contributed by atoms with Crippen LogP contribution in [0.1, 0.15) is 37.0 Å². The quantitative estimate of drug-likeness (QED) is 0.707. The third-order valence-electron chi connectivity index (χ3n) is 2.72. The zero-order chi connectivity index (χ0) is 12.8. The molecule has 1 aromatic rings. The maximum Gasteiger partial charge on any atom is 0.387 e. The Morgan fingerprint density at radius 1 is 1.24 bits per heavy atom. The molecule has 4 heteroatoms. The van der Waals surface area contributed by atoms with Crippen LogP contribution in [0.4, 0.5) is 8.78 Å². The summed E-state index contributed by atoms with van der Waals surface area (Å²) in [5.74, 6) is -0.317. The first kappa shape index (κ1) is 13.6. The summed E-state index contributed by atoms with van der Waals surface area (Å²) in [4.78, 5) is 12.1. The number of para-hydroxylation sites is 1. The lowest BCUT2D eigenvalue weighted by Gasteiger charge is -2.14. The molecule has 17 heavy (non-hydrogen) atoms. The third-order valence-corrected chi connectivity index (χ3v) is 2.72. The van der Waals surface area contributed by atoms with Crippen molar-refractivity contribution >= 4 is 5.78 Å². The summed E-state index contributed by atoms with van der Waals surface area (Å²) in [5.41, 5.74) is 0.238. The van der Waals surface area contributed by atoms with Crippen molar-refractivity contribution in [2.24, 2.45) is 5.92 Å². The Morgan fingerprint density at radius 2 is 1.82 bits per heavy atom. The number of carbonyl (C=O) groups excluding carboxylic acids is 1. The molecule has 0 aliphatic rings. The molecule has 0 fully saturated rings. The predicted octanol–water partition coefficient (Wildman–Crippen LogP) is 3.91. The Bertz CT molecular complexity index is 373. The number of carbonyl (C=O) groups is 1. The van der Waals surface area contributed by atoms with E-state index >= 15 is 0 Å². The zero-order valence-corrected chi connectivity index (χ0v) is 9.95. The molecule has 0 saturated carbocycles. The Hall–Kier alpha value is -1.45. The van der Waals surface area contributed by atoms with Gasteiger partial charge in [-0.25, -0.2) is 0 Å². The lowest BCUT2D eigenvalue weighted by atomic mass is 9.92. The fourth-order valence-corrected chi connectivity index (χ4v) is 1.75. The Morgan fingerprint density at radius 3 is 2.35 bits per heavy atom. The van der Waals surface area contributed by atoms with E-state index in [9.17, 15) is 13.6 Å². The van der Waals surface area contributed by atoms with Crippen LogP contribution in [0, 0.1) is 5.92 Å². The average molecular weight is 242 g/mol. The maximum absolute atomic E-state index is 12.2. The van der Waals surface area contributed by atoms with Gasteiger partial charge in [0, 0.05) is 5.92 Å². The molecule has 0 saturated heterocycles. The summed E-state index contributed by atoms with van der Waals surface area (Å²) in [5, 5.41) is 0. The molecule has 94 valence electrons. The molecule has 0 heterocycles. The second-order valence-electron chi connectivity index (χ2n) is 3.75. The number of Topliss-reactive ketones (excluding diaryl/α,β-unsaturated/α-hetero) is 1. The molecule has 0 spiro atoms. The summed E-state index contributed by atoms with van der Waals surface area (Å²) in [6.45, 7) is 0.899. The topological polar surface area (TPSA) is 26.3 Å². The highest BCUT2D eigenvalue weighted by Gasteiger charge is 2.21. The van der Waals surface area contributed by atoms with Gasteiger partial charge in [-0.05, 0) is 25.0 Å². The van der Waals surface area contributed by atoms with Gasteiger partial charge in [-0.1, -0.05) is 26.0 Å². The van der Waals surface area contributed by atoms with Crippen LogP contribution in [0.2, 0.25) is 0 Å². The molecule has 0 radical (unpaired) electrons. The van der Waals surface area contributed by atoms with E-state index in [4.69, 9.17) is 0 Å². The molecule has 0 bridgehead atoms. The molecule has 0 aromatic heterocycles. The highest BCUT2D eigenvalue weighted by Crippen LogP contribution is 2.25. The highest BCUT2D eigenvalue weighted by atomic mass is 19.3. The molecule has 1 rings (SSSR count). The number of halogens is 2. The van der Waals surface area contributed by atoms with E-state index in [1.54, 1.807) is 12.1 Å². The smallest absolute Gasteiger partial charge is 0.387 e. The van der Waals surface area contributed by atoms with Crippen molar-refractivity contribution in [3.8, 4) is 5.75 Å². The van der Waals surface area contributed by atoms with Gasteiger partial charge in [-0.2, -0.15) is 8.78 Å². The van der Waals surface area contributed by atoms with Gasteiger partial charge in [0.25, 0.3) is 0 Å². The number of hydrogen-bond acceptors (Lipinski definition) is 2. The highest BCUT2D eigenvalue weighted by molar-refractivity contribution is 6.00. The van der Waals surface area contributed by atoms with Crippen molar-refractivity contribution in [3.63, 3.8) is 0 Å². The Labute approximate surface area is 99.6 Å². The predicted molar refractivity (Wildman–Crippen MR) is 61.5 cm³/mol. The first-order chi connectivity index (χ1) is 8.10. The van der Waals surface area contributed by atoms with E-state index in [0.29, 0.717) is 12.8 Å². The SMILES string of the molecule is CCC(CC)C(=O)c1ccccc1OC(F)F. The number of benzene rings is 1. The largest absolute Gasteiger partial charge is 0.434 e. The first-order valence-corrected chi connectivity index (χ1v) is 5.68. The summed E-state index contributed by atoms with van der Waals surface area (Å²) in [6.07, 6.45) is 1.39. The summed E-state index contributed by atoms with van der Waals surface area (Å²) >= 11 is 0. The van der Waals surface area contributed by atoms with Crippen LogP contribution < -0.4 is 4.74 Å². The molecule has 0 atom stereocenters. The van der Waals surface area contributed by atoms with Crippen molar-refractivity contribution in [2.75, 3.05) is 0 Å². The molecular formula is C13H16F2O2. The third kappa shape index (κ3) is 3.51.